The first-order valence-electron chi connectivity index (χ1n) is 9.65. The molecule has 0 radical (unpaired) electrons. The molecule has 0 aliphatic heterocycles. The number of nitrogens with two attached hydrogens (primary N) is 1. The highest BCUT2D eigenvalue weighted by Crippen LogP contribution is 2.29. The summed E-state index contributed by atoms with van der Waals surface area (Å²) in [4.78, 5) is 8.76. The number of anilines is 3. The van der Waals surface area contributed by atoms with Gasteiger partial charge in [0.2, 0.25) is 16.0 Å². The van der Waals surface area contributed by atoms with Crippen LogP contribution in [0.5, 0.6) is 0 Å². The van der Waals surface area contributed by atoms with E-state index >= 15 is 0 Å². The zero-order valence-corrected chi connectivity index (χ0v) is 18.4. The molecule has 0 bridgehead atoms. The molecule has 1 heterocycles. The molecule has 0 saturated heterocycles. The zero-order chi connectivity index (χ0) is 20.9. The summed E-state index contributed by atoms with van der Waals surface area (Å²) in [5, 5.41) is 21.3. The highest BCUT2D eigenvalue weighted by atomic mass is 79.9. The normalized spacial score (nSPS) is 16.4. The number of benzene rings is 1. The molecule has 0 spiro atoms. The molecule has 1 atom stereocenters. The second-order valence-corrected chi connectivity index (χ2v) is 9.76. The molecule has 1 aliphatic rings. The van der Waals surface area contributed by atoms with Gasteiger partial charge in [-0.15, -0.1) is 0 Å². The summed E-state index contributed by atoms with van der Waals surface area (Å²) < 4.78 is 23.4. The van der Waals surface area contributed by atoms with Crippen LogP contribution in [0.4, 0.5) is 17.5 Å². The summed E-state index contributed by atoms with van der Waals surface area (Å²) in [5.74, 6) is 1.58. The van der Waals surface area contributed by atoms with Crippen molar-refractivity contribution in [3.05, 3.63) is 34.9 Å². The summed E-state index contributed by atoms with van der Waals surface area (Å²) in [6.07, 6.45) is 8.79. The van der Waals surface area contributed by atoms with Crippen molar-refractivity contribution in [1.29, 1.82) is 0 Å². The molecule has 2 aromatic rings. The Kier molecular flexibility index (Phi) is 7.44. The van der Waals surface area contributed by atoms with Crippen molar-refractivity contribution in [3.63, 3.8) is 0 Å². The summed E-state index contributed by atoms with van der Waals surface area (Å²) in [5.41, 5.74) is 0.631. The summed E-state index contributed by atoms with van der Waals surface area (Å²) >= 11 is 3.45. The van der Waals surface area contributed by atoms with E-state index in [1.54, 1.807) is 18.3 Å². The molecule has 1 aromatic carbocycles. The van der Waals surface area contributed by atoms with Crippen molar-refractivity contribution in [2.45, 2.75) is 49.5 Å². The Morgan fingerprint density at radius 3 is 2.52 bits per heavy atom. The van der Waals surface area contributed by atoms with Crippen LogP contribution in [0.1, 0.15) is 38.5 Å². The number of sulfonamides is 1. The van der Waals surface area contributed by atoms with Gasteiger partial charge < -0.3 is 15.7 Å². The van der Waals surface area contributed by atoms with E-state index in [4.69, 9.17) is 5.14 Å². The van der Waals surface area contributed by atoms with Crippen LogP contribution in [0, 0.1) is 5.92 Å². The number of aromatic nitrogens is 2. The third kappa shape index (κ3) is 6.36. The smallest absolute Gasteiger partial charge is 0.238 e. The summed E-state index contributed by atoms with van der Waals surface area (Å²) in [6.45, 7) is 0.0325. The first-order valence-corrected chi connectivity index (χ1v) is 12.0. The lowest BCUT2D eigenvalue weighted by Crippen LogP contribution is -2.28. The van der Waals surface area contributed by atoms with E-state index in [0.717, 1.165) is 6.42 Å². The van der Waals surface area contributed by atoms with Crippen molar-refractivity contribution < 1.29 is 13.5 Å². The van der Waals surface area contributed by atoms with Crippen LogP contribution in [0.15, 0.2) is 39.8 Å². The Morgan fingerprint density at radius 2 is 1.90 bits per heavy atom. The van der Waals surface area contributed by atoms with Gasteiger partial charge in [-0.25, -0.2) is 18.5 Å². The van der Waals surface area contributed by atoms with Gasteiger partial charge in [0.05, 0.1) is 22.0 Å². The van der Waals surface area contributed by atoms with Gasteiger partial charge in [-0.2, -0.15) is 4.98 Å². The number of hydrogen-bond donors (Lipinski definition) is 4. The van der Waals surface area contributed by atoms with Gasteiger partial charge in [-0.05, 0) is 52.5 Å². The average Bonchev–Trinajstić information content (AvgIpc) is 2.70. The molecule has 1 unspecified atom stereocenters. The molecule has 1 fully saturated rings. The van der Waals surface area contributed by atoms with E-state index in [0.29, 0.717) is 27.8 Å². The standard InChI is InChI=1S/C19H26BrN5O3S/c20-17-11-22-19(24-14-6-8-16(9-7-14)29(21,27)28)25-18(17)23-15(12-26)10-13-4-2-1-3-5-13/h6-9,11,13,15,26H,1-5,10,12H2,(H2,21,27,28)(H2,22,23,24,25). The van der Waals surface area contributed by atoms with Gasteiger partial charge in [0.1, 0.15) is 5.82 Å². The maximum absolute atomic E-state index is 11.4. The van der Waals surface area contributed by atoms with E-state index in [9.17, 15) is 13.5 Å². The van der Waals surface area contributed by atoms with Crippen LogP contribution in [0.3, 0.4) is 0 Å². The highest BCUT2D eigenvalue weighted by Gasteiger charge is 2.20. The Labute approximate surface area is 179 Å². The fourth-order valence-corrected chi connectivity index (χ4v) is 4.40. The van der Waals surface area contributed by atoms with Crippen LogP contribution >= 0.6 is 15.9 Å². The predicted molar refractivity (Wildman–Crippen MR) is 117 cm³/mol. The molecule has 8 nitrogen and oxygen atoms in total. The topological polar surface area (TPSA) is 130 Å². The average molecular weight is 484 g/mol. The van der Waals surface area contributed by atoms with E-state index in [1.807, 2.05) is 0 Å². The lowest BCUT2D eigenvalue weighted by molar-refractivity contribution is 0.236. The summed E-state index contributed by atoms with van der Waals surface area (Å²) in [7, 11) is -3.73. The molecule has 1 aliphatic carbocycles. The molecule has 3 rings (SSSR count). The summed E-state index contributed by atoms with van der Waals surface area (Å²) in [6, 6.07) is 5.95. The fourth-order valence-electron chi connectivity index (χ4n) is 3.58. The van der Waals surface area contributed by atoms with Crippen LogP contribution in [-0.2, 0) is 10.0 Å². The number of aliphatic hydroxyl groups is 1. The van der Waals surface area contributed by atoms with Crippen molar-refractivity contribution in [3.8, 4) is 0 Å². The number of rotatable bonds is 8. The van der Waals surface area contributed by atoms with Crippen LogP contribution in [0.25, 0.3) is 0 Å². The SMILES string of the molecule is NS(=O)(=O)c1ccc(Nc2ncc(Br)c(NC(CO)CC3CCCCC3)n2)cc1. The number of hydrogen-bond acceptors (Lipinski definition) is 7. The lowest BCUT2D eigenvalue weighted by atomic mass is 9.85. The third-order valence-electron chi connectivity index (χ3n) is 5.09. The number of aliphatic hydroxyl groups excluding tert-OH is 1. The molecule has 158 valence electrons. The van der Waals surface area contributed by atoms with Gasteiger partial charge >= 0.3 is 0 Å². The molecular weight excluding hydrogens is 458 g/mol. The quantitative estimate of drug-likeness (QED) is 0.452. The lowest BCUT2D eigenvalue weighted by Gasteiger charge is -2.26. The second kappa shape index (κ2) is 9.84. The second-order valence-electron chi connectivity index (χ2n) is 7.35. The van der Waals surface area contributed by atoms with E-state index in [1.165, 1.54) is 44.2 Å². The Bertz CT molecular complexity index is 918. The van der Waals surface area contributed by atoms with Gasteiger partial charge in [0.15, 0.2) is 0 Å². The van der Waals surface area contributed by atoms with Crippen LogP contribution < -0.4 is 15.8 Å². The first kappa shape index (κ1) is 21.9. The van der Waals surface area contributed by atoms with Crippen LogP contribution in [-0.4, -0.2) is 36.1 Å². The largest absolute Gasteiger partial charge is 0.394 e. The first-order chi connectivity index (χ1) is 13.8. The molecule has 29 heavy (non-hydrogen) atoms. The predicted octanol–water partition coefficient (Wildman–Crippen LogP) is 3.37. The minimum Gasteiger partial charge on any atom is -0.394 e. The molecule has 1 saturated carbocycles. The van der Waals surface area contributed by atoms with Gasteiger partial charge in [0, 0.05) is 11.9 Å². The Balaban J connectivity index is 1.68. The molecule has 0 amide bonds. The van der Waals surface area contributed by atoms with E-state index in [2.05, 4.69) is 36.5 Å². The van der Waals surface area contributed by atoms with Gasteiger partial charge in [-0.3, -0.25) is 0 Å². The van der Waals surface area contributed by atoms with E-state index < -0.39 is 10.0 Å². The van der Waals surface area contributed by atoms with Gasteiger partial charge in [-0.1, -0.05) is 32.1 Å². The Hall–Kier alpha value is -1.75. The van der Waals surface area contributed by atoms with Crippen LogP contribution in [0.2, 0.25) is 0 Å². The maximum Gasteiger partial charge on any atom is 0.238 e. The fraction of sp³-hybridized carbons (Fsp3) is 0.474. The van der Waals surface area contributed by atoms with Gasteiger partial charge in [0.25, 0.3) is 0 Å². The minimum atomic E-state index is -3.73. The Morgan fingerprint density at radius 1 is 1.21 bits per heavy atom. The zero-order valence-electron chi connectivity index (χ0n) is 16.0. The molecule has 1 aromatic heterocycles. The third-order valence-corrected chi connectivity index (χ3v) is 6.60. The number of halogens is 1. The van der Waals surface area contributed by atoms with Crippen molar-refractivity contribution in [1.82, 2.24) is 9.97 Å². The minimum absolute atomic E-state index is 0.0325. The molecule has 10 heteroatoms. The number of primary sulfonamides is 1. The molecular formula is C19H26BrN5O3S. The van der Waals surface area contributed by atoms with Crippen molar-refractivity contribution in [2.24, 2.45) is 11.1 Å². The monoisotopic (exact) mass is 483 g/mol. The molecule has 5 N–H and O–H groups in total. The highest BCUT2D eigenvalue weighted by molar-refractivity contribution is 9.10. The maximum atomic E-state index is 11.4. The van der Waals surface area contributed by atoms with E-state index in [-0.39, 0.29) is 17.5 Å². The van der Waals surface area contributed by atoms with Crippen molar-refractivity contribution in [2.75, 3.05) is 17.2 Å². The number of nitrogens with one attached hydrogen (secondary N) is 2. The van der Waals surface area contributed by atoms with Crippen molar-refractivity contribution >= 4 is 43.4 Å². The number of nitrogens with zero attached hydrogens (tertiary/aromatic N) is 2.